The average molecular weight is 260 g/mol. The molecule has 2 rings (SSSR count). The van der Waals surface area contributed by atoms with Gasteiger partial charge in [-0.05, 0) is 23.8 Å². The van der Waals surface area contributed by atoms with Crippen LogP contribution in [0.3, 0.4) is 0 Å². The van der Waals surface area contributed by atoms with Crippen molar-refractivity contribution >= 4 is 23.6 Å². The van der Waals surface area contributed by atoms with Crippen molar-refractivity contribution in [1.82, 2.24) is 0 Å². The highest BCUT2D eigenvalue weighted by Crippen LogP contribution is 2.15. The highest BCUT2D eigenvalue weighted by atomic mass is 16.5. The number of rotatable bonds is 4. The summed E-state index contributed by atoms with van der Waals surface area (Å²) < 4.78 is 9.53. The van der Waals surface area contributed by atoms with E-state index in [1.54, 1.807) is 37.5 Å². The van der Waals surface area contributed by atoms with Gasteiger partial charge >= 0.3 is 5.97 Å². The molecule has 19 heavy (non-hydrogen) atoms. The Bertz CT molecular complexity index is 525. The number of carbonyl (C=O) groups excluding carboxylic acids is 3. The molecule has 0 saturated carbocycles. The molecule has 1 aliphatic rings. The molecular weight excluding hydrogens is 248 g/mol. The maximum Gasteiger partial charge on any atom is 0.325 e. The number of hydrogen-bond acceptors (Lipinski definition) is 5. The lowest BCUT2D eigenvalue weighted by atomic mass is 10.0. The number of methoxy groups -OCH3 is 1. The fraction of sp³-hybridized carbons (Fsp3) is 0.214. The van der Waals surface area contributed by atoms with Crippen LogP contribution in [0, 0.1) is 5.92 Å². The maximum atomic E-state index is 11.7. The Morgan fingerprint density at radius 1 is 1.32 bits per heavy atom. The van der Waals surface area contributed by atoms with Crippen molar-refractivity contribution in [2.24, 2.45) is 5.92 Å². The largest absolute Gasteiger partial charge is 0.497 e. The van der Waals surface area contributed by atoms with Gasteiger partial charge in [0.05, 0.1) is 7.11 Å². The van der Waals surface area contributed by atoms with Crippen LogP contribution in [0.15, 0.2) is 30.3 Å². The normalized spacial score (nSPS) is 18.7. The van der Waals surface area contributed by atoms with Crippen LogP contribution >= 0.6 is 0 Å². The van der Waals surface area contributed by atoms with Crippen LogP contribution < -0.4 is 4.74 Å². The zero-order chi connectivity index (χ0) is 13.8. The number of Topliss-reactive ketones (excluding diaryl/α,β-unsaturated/α-hetero) is 1. The van der Waals surface area contributed by atoms with Gasteiger partial charge in [-0.2, -0.15) is 0 Å². The van der Waals surface area contributed by atoms with E-state index in [2.05, 4.69) is 4.74 Å². The van der Waals surface area contributed by atoms with Crippen LogP contribution in [-0.4, -0.2) is 31.3 Å². The minimum Gasteiger partial charge on any atom is -0.497 e. The Morgan fingerprint density at radius 2 is 2.00 bits per heavy atom. The average Bonchev–Trinajstić information content (AvgIpc) is 2.76. The van der Waals surface area contributed by atoms with Gasteiger partial charge in [0.2, 0.25) is 0 Å². The van der Waals surface area contributed by atoms with Crippen LogP contribution in [0.1, 0.15) is 5.56 Å². The number of ketones is 2. The Hall–Kier alpha value is -2.43. The molecule has 0 amide bonds. The van der Waals surface area contributed by atoms with Gasteiger partial charge < -0.3 is 9.47 Å². The number of hydrogen-bond donors (Lipinski definition) is 0. The Morgan fingerprint density at radius 3 is 2.53 bits per heavy atom. The molecule has 1 aromatic rings. The number of benzene rings is 1. The summed E-state index contributed by atoms with van der Waals surface area (Å²) in [6.07, 6.45) is 2.76. The molecular formula is C14H12O5. The number of carbonyl (C=O) groups is 3. The van der Waals surface area contributed by atoms with E-state index in [0.717, 1.165) is 5.56 Å². The monoisotopic (exact) mass is 260 g/mol. The van der Waals surface area contributed by atoms with Gasteiger partial charge in [-0.3, -0.25) is 14.4 Å². The zero-order valence-electron chi connectivity index (χ0n) is 10.3. The highest BCUT2D eigenvalue weighted by Gasteiger charge is 2.39. The van der Waals surface area contributed by atoms with Gasteiger partial charge in [-0.15, -0.1) is 0 Å². The summed E-state index contributed by atoms with van der Waals surface area (Å²) in [5.41, 5.74) is 0.771. The summed E-state index contributed by atoms with van der Waals surface area (Å²) in [7, 11) is 1.56. The molecule has 0 aromatic heterocycles. The van der Waals surface area contributed by atoms with Crippen LogP contribution in [0.2, 0.25) is 0 Å². The Balaban J connectivity index is 2.07. The van der Waals surface area contributed by atoms with Gasteiger partial charge in [0, 0.05) is 0 Å². The van der Waals surface area contributed by atoms with Crippen molar-refractivity contribution < 1.29 is 23.9 Å². The maximum absolute atomic E-state index is 11.7. The Labute approximate surface area is 109 Å². The van der Waals surface area contributed by atoms with Crippen molar-refractivity contribution in [2.75, 3.05) is 13.7 Å². The van der Waals surface area contributed by atoms with Gasteiger partial charge in [-0.1, -0.05) is 18.2 Å². The number of allylic oxidation sites excluding steroid dienone is 1. The minimum atomic E-state index is -1.30. The van der Waals surface area contributed by atoms with Crippen LogP contribution in [0.5, 0.6) is 5.75 Å². The van der Waals surface area contributed by atoms with Gasteiger partial charge in [0.25, 0.3) is 0 Å². The van der Waals surface area contributed by atoms with E-state index in [1.165, 1.54) is 6.08 Å². The van der Waals surface area contributed by atoms with E-state index in [4.69, 9.17) is 4.74 Å². The lowest BCUT2D eigenvalue weighted by molar-refractivity contribution is -0.143. The van der Waals surface area contributed by atoms with Crippen LogP contribution in [0.4, 0.5) is 0 Å². The first-order valence-corrected chi connectivity index (χ1v) is 5.67. The number of cyclic esters (lactones) is 1. The summed E-state index contributed by atoms with van der Waals surface area (Å²) in [5, 5.41) is 0. The first-order valence-electron chi connectivity index (χ1n) is 5.67. The number of esters is 1. The Kier molecular flexibility index (Phi) is 3.75. The summed E-state index contributed by atoms with van der Waals surface area (Å²) >= 11 is 0. The van der Waals surface area contributed by atoms with E-state index < -0.39 is 23.5 Å². The second kappa shape index (κ2) is 5.48. The fourth-order valence-electron chi connectivity index (χ4n) is 1.70. The molecule has 0 spiro atoms. The summed E-state index contributed by atoms with van der Waals surface area (Å²) in [4.78, 5) is 34.2. The molecule has 5 heteroatoms. The SMILES string of the molecule is COc1ccc(C=CC(=O)[C@H]2C(=O)COC2=O)cc1. The molecule has 1 aliphatic heterocycles. The number of ether oxygens (including phenoxy) is 2. The predicted molar refractivity (Wildman–Crippen MR) is 66.5 cm³/mol. The van der Waals surface area contributed by atoms with E-state index in [0.29, 0.717) is 5.75 Å². The molecule has 1 fully saturated rings. The van der Waals surface area contributed by atoms with E-state index in [1.807, 2.05) is 0 Å². The van der Waals surface area contributed by atoms with Crippen LogP contribution in [0.25, 0.3) is 6.08 Å². The third-order valence-electron chi connectivity index (χ3n) is 2.75. The molecule has 5 nitrogen and oxygen atoms in total. The molecule has 0 unspecified atom stereocenters. The van der Waals surface area contributed by atoms with E-state index in [9.17, 15) is 14.4 Å². The molecule has 0 N–H and O–H groups in total. The highest BCUT2D eigenvalue weighted by molar-refractivity contribution is 6.24. The second-order valence-corrected chi connectivity index (χ2v) is 4.02. The van der Waals surface area contributed by atoms with Gasteiger partial charge in [0.1, 0.15) is 5.75 Å². The van der Waals surface area contributed by atoms with E-state index in [-0.39, 0.29) is 6.61 Å². The molecule has 0 aliphatic carbocycles. The predicted octanol–water partition coefficient (Wildman–Crippen LogP) is 1.02. The summed E-state index contributed by atoms with van der Waals surface area (Å²) in [6, 6.07) is 7.02. The van der Waals surface area contributed by atoms with Crippen LogP contribution in [-0.2, 0) is 19.1 Å². The first kappa shape index (κ1) is 13.0. The summed E-state index contributed by atoms with van der Waals surface area (Å²) in [5.74, 6) is -2.40. The van der Waals surface area contributed by atoms with Crippen molar-refractivity contribution in [3.05, 3.63) is 35.9 Å². The molecule has 1 saturated heterocycles. The topological polar surface area (TPSA) is 69.7 Å². The van der Waals surface area contributed by atoms with Gasteiger partial charge in [-0.25, -0.2) is 0 Å². The molecule has 1 aromatic carbocycles. The third-order valence-corrected chi connectivity index (χ3v) is 2.75. The zero-order valence-corrected chi connectivity index (χ0v) is 10.3. The molecule has 1 atom stereocenters. The van der Waals surface area contributed by atoms with Gasteiger partial charge in [0.15, 0.2) is 24.1 Å². The van der Waals surface area contributed by atoms with Crippen molar-refractivity contribution in [3.63, 3.8) is 0 Å². The van der Waals surface area contributed by atoms with E-state index >= 15 is 0 Å². The second-order valence-electron chi connectivity index (χ2n) is 4.02. The smallest absolute Gasteiger partial charge is 0.325 e. The standard InChI is InChI=1S/C14H12O5/c1-18-10-5-2-9(3-6-10)4-7-11(15)13-12(16)8-19-14(13)17/h2-7,13H,8H2,1H3/t13-/m0/s1. The lowest BCUT2D eigenvalue weighted by Crippen LogP contribution is -2.23. The van der Waals surface area contributed by atoms with Crippen molar-refractivity contribution in [1.29, 1.82) is 0 Å². The first-order chi connectivity index (χ1) is 9.11. The molecule has 98 valence electrons. The molecule has 0 bridgehead atoms. The molecule has 1 heterocycles. The quantitative estimate of drug-likeness (QED) is 0.459. The van der Waals surface area contributed by atoms with Crippen molar-refractivity contribution in [3.8, 4) is 5.75 Å². The molecule has 0 radical (unpaired) electrons. The lowest BCUT2D eigenvalue weighted by Gasteiger charge is -2.00. The van der Waals surface area contributed by atoms with Crippen molar-refractivity contribution in [2.45, 2.75) is 0 Å². The summed E-state index contributed by atoms with van der Waals surface area (Å²) in [6.45, 7) is -0.314. The minimum absolute atomic E-state index is 0.314. The fourth-order valence-corrected chi connectivity index (χ4v) is 1.70. The third kappa shape index (κ3) is 2.88.